The largest absolute Gasteiger partial charge is 0.490 e. The van der Waals surface area contributed by atoms with Crippen LogP contribution >= 0.6 is 57.6 Å². The summed E-state index contributed by atoms with van der Waals surface area (Å²) in [6, 6.07) is 15.9. The fraction of sp³-hybridized carbons (Fsp3) is 0.120. The minimum absolute atomic E-state index is 0.00738. The van der Waals surface area contributed by atoms with Crippen molar-refractivity contribution >= 4 is 84.9 Å². The molecule has 2 amide bonds. The van der Waals surface area contributed by atoms with E-state index in [9.17, 15) is 18.0 Å². The molecule has 1 fully saturated rings. The number of halogens is 3. The predicted molar refractivity (Wildman–Crippen MR) is 153 cm³/mol. The normalized spacial score (nSPS) is 14.9. The number of ether oxygens (including phenoxy) is 1. The van der Waals surface area contributed by atoms with Crippen molar-refractivity contribution in [1.82, 2.24) is 4.90 Å². The Hall–Kier alpha value is -2.25. The van der Waals surface area contributed by atoms with Gasteiger partial charge in [-0.1, -0.05) is 47.5 Å². The van der Waals surface area contributed by atoms with E-state index >= 15 is 0 Å². The molecular formula is C25H18Cl2INO6S2. The number of carbonyl (C=O) groups is 2. The predicted octanol–water partition coefficient (Wildman–Crippen LogP) is 7.00. The molecule has 192 valence electrons. The van der Waals surface area contributed by atoms with Crippen molar-refractivity contribution in [2.45, 2.75) is 18.4 Å². The summed E-state index contributed by atoms with van der Waals surface area (Å²) < 4.78 is 37.1. The van der Waals surface area contributed by atoms with E-state index in [1.54, 1.807) is 61.5 Å². The van der Waals surface area contributed by atoms with Crippen LogP contribution in [0.4, 0.5) is 4.79 Å². The average molecular weight is 690 g/mol. The number of amides is 2. The molecule has 0 atom stereocenters. The zero-order valence-electron chi connectivity index (χ0n) is 19.1. The molecule has 0 aromatic heterocycles. The summed E-state index contributed by atoms with van der Waals surface area (Å²) in [5.74, 6) is -0.229. The third-order valence-corrected chi connectivity index (χ3v) is 8.74. The van der Waals surface area contributed by atoms with E-state index in [-0.39, 0.29) is 34.5 Å². The molecule has 12 heteroatoms. The molecule has 0 spiro atoms. The summed E-state index contributed by atoms with van der Waals surface area (Å²) in [4.78, 5) is 26.9. The monoisotopic (exact) mass is 689 g/mol. The lowest BCUT2D eigenvalue weighted by Crippen LogP contribution is -2.27. The molecule has 0 bridgehead atoms. The summed E-state index contributed by atoms with van der Waals surface area (Å²) in [6.45, 7) is 2.05. The molecule has 1 aliphatic heterocycles. The van der Waals surface area contributed by atoms with Crippen LogP contribution in [0.5, 0.6) is 11.5 Å². The number of imide groups is 1. The molecule has 0 N–H and O–H groups in total. The van der Waals surface area contributed by atoms with Crippen LogP contribution < -0.4 is 8.92 Å². The van der Waals surface area contributed by atoms with Gasteiger partial charge in [0.2, 0.25) is 0 Å². The lowest BCUT2D eigenvalue weighted by Gasteiger charge is -2.15. The first kappa shape index (κ1) is 27.8. The number of thioether (sulfide) groups is 1. The Morgan fingerprint density at radius 3 is 2.43 bits per heavy atom. The highest BCUT2D eigenvalue weighted by atomic mass is 127. The van der Waals surface area contributed by atoms with Gasteiger partial charge in [0.25, 0.3) is 11.1 Å². The Balaban J connectivity index is 1.61. The molecule has 1 heterocycles. The average Bonchev–Trinajstić information content (AvgIpc) is 3.11. The van der Waals surface area contributed by atoms with Crippen molar-refractivity contribution in [1.29, 1.82) is 0 Å². The Labute approximate surface area is 242 Å². The van der Waals surface area contributed by atoms with E-state index in [1.165, 1.54) is 12.1 Å². The van der Waals surface area contributed by atoms with E-state index in [0.717, 1.165) is 16.7 Å². The fourth-order valence-electron chi connectivity index (χ4n) is 3.37. The highest BCUT2D eigenvalue weighted by molar-refractivity contribution is 14.1. The zero-order chi connectivity index (χ0) is 26.7. The molecule has 4 rings (SSSR count). The summed E-state index contributed by atoms with van der Waals surface area (Å²) in [7, 11) is -4.10. The highest BCUT2D eigenvalue weighted by Crippen LogP contribution is 2.39. The number of rotatable bonds is 8. The van der Waals surface area contributed by atoms with Crippen LogP contribution in [0.25, 0.3) is 6.08 Å². The van der Waals surface area contributed by atoms with Gasteiger partial charge in [-0.3, -0.25) is 14.5 Å². The van der Waals surface area contributed by atoms with Crippen LogP contribution in [0.2, 0.25) is 10.0 Å². The Morgan fingerprint density at radius 1 is 1.03 bits per heavy atom. The first-order chi connectivity index (χ1) is 17.6. The van der Waals surface area contributed by atoms with Gasteiger partial charge in [0, 0.05) is 0 Å². The number of carbonyl (C=O) groups excluding carboxylic acids is 2. The zero-order valence-corrected chi connectivity index (χ0v) is 24.4. The molecule has 0 unspecified atom stereocenters. The first-order valence-electron chi connectivity index (χ1n) is 10.7. The molecule has 3 aromatic carbocycles. The van der Waals surface area contributed by atoms with Crippen LogP contribution in [0, 0.1) is 3.57 Å². The van der Waals surface area contributed by atoms with Crippen LogP contribution in [0.3, 0.4) is 0 Å². The number of benzene rings is 3. The molecule has 7 nitrogen and oxygen atoms in total. The molecule has 37 heavy (non-hydrogen) atoms. The molecule has 3 aromatic rings. The standard InChI is InChI=1S/C25H18Cl2INO6S2/c1-2-34-21-12-16(11-20(28)23(21)35-37(32,33)17-6-4-3-5-7-17)13-22-24(30)29(25(31)36-22)14-15-8-9-18(26)19(27)10-15/h3-13H,2,14H2,1H3/b22-13-. The Bertz CT molecular complexity index is 1510. The van der Waals surface area contributed by atoms with E-state index in [4.69, 9.17) is 32.1 Å². The van der Waals surface area contributed by atoms with Crippen molar-refractivity contribution in [3.8, 4) is 11.5 Å². The molecule has 0 saturated carbocycles. The third kappa shape index (κ3) is 6.43. The number of hydrogen-bond acceptors (Lipinski definition) is 7. The van der Waals surface area contributed by atoms with Gasteiger partial charge >= 0.3 is 10.1 Å². The van der Waals surface area contributed by atoms with Crippen molar-refractivity contribution in [2.75, 3.05) is 6.61 Å². The summed E-state index contributed by atoms with van der Waals surface area (Å²) >= 11 is 14.8. The van der Waals surface area contributed by atoms with Gasteiger partial charge in [0.1, 0.15) is 4.90 Å². The lowest BCUT2D eigenvalue weighted by molar-refractivity contribution is -0.123. The summed E-state index contributed by atoms with van der Waals surface area (Å²) in [5.41, 5.74) is 1.20. The van der Waals surface area contributed by atoms with E-state index in [1.807, 2.05) is 22.6 Å². The van der Waals surface area contributed by atoms with Gasteiger partial charge in [-0.05, 0) is 94.9 Å². The quantitative estimate of drug-likeness (QED) is 0.143. The third-order valence-electron chi connectivity index (χ3n) is 5.05. The second-order valence-corrected chi connectivity index (χ2v) is 12.1. The minimum atomic E-state index is -4.10. The molecular weight excluding hydrogens is 672 g/mol. The van der Waals surface area contributed by atoms with E-state index in [0.29, 0.717) is 24.7 Å². The van der Waals surface area contributed by atoms with Gasteiger partial charge in [-0.25, -0.2) is 0 Å². The summed E-state index contributed by atoms with van der Waals surface area (Å²) in [6.07, 6.45) is 1.56. The van der Waals surface area contributed by atoms with Gasteiger partial charge in [-0.15, -0.1) is 0 Å². The van der Waals surface area contributed by atoms with E-state index < -0.39 is 21.3 Å². The minimum Gasteiger partial charge on any atom is -0.490 e. The van der Waals surface area contributed by atoms with Gasteiger partial charge in [0.05, 0.1) is 31.7 Å². The maximum atomic E-state index is 13.0. The molecule has 0 aliphatic carbocycles. The van der Waals surface area contributed by atoms with Gasteiger partial charge in [-0.2, -0.15) is 8.42 Å². The van der Waals surface area contributed by atoms with Gasteiger partial charge < -0.3 is 8.92 Å². The van der Waals surface area contributed by atoms with E-state index in [2.05, 4.69) is 0 Å². The maximum Gasteiger partial charge on any atom is 0.339 e. The fourth-order valence-corrected chi connectivity index (χ4v) is 6.39. The van der Waals surface area contributed by atoms with Crippen LogP contribution in [0.15, 0.2) is 70.5 Å². The SMILES string of the molecule is CCOc1cc(/C=C2\SC(=O)N(Cc3ccc(Cl)c(Cl)c3)C2=O)cc(I)c1OS(=O)(=O)c1ccccc1. The molecule has 0 radical (unpaired) electrons. The van der Waals surface area contributed by atoms with Crippen molar-refractivity contribution in [3.05, 3.63) is 90.3 Å². The summed E-state index contributed by atoms with van der Waals surface area (Å²) in [5, 5.41) is 0.287. The first-order valence-corrected chi connectivity index (χ1v) is 14.8. The topological polar surface area (TPSA) is 90.0 Å². The lowest BCUT2D eigenvalue weighted by atomic mass is 10.1. The Kier molecular flexibility index (Phi) is 8.74. The van der Waals surface area contributed by atoms with Crippen molar-refractivity contribution in [2.24, 2.45) is 0 Å². The smallest absolute Gasteiger partial charge is 0.339 e. The second-order valence-electron chi connectivity index (χ2n) is 7.63. The highest BCUT2D eigenvalue weighted by Gasteiger charge is 2.35. The van der Waals surface area contributed by atoms with Gasteiger partial charge in [0.15, 0.2) is 11.5 Å². The van der Waals surface area contributed by atoms with Crippen LogP contribution in [-0.2, 0) is 21.5 Å². The second kappa shape index (κ2) is 11.6. The van der Waals surface area contributed by atoms with Crippen molar-refractivity contribution in [3.63, 3.8) is 0 Å². The molecule has 1 aliphatic rings. The van der Waals surface area contributed by atoms with Crippen LogP contribution in [0.1, 0.15) is 18.1 Å². The van der Waals surface area contributed by atoms with Crippen molar-refractivity contribution < 1.29 is 26.9 Å². The molecule has 1 saturated heterocycles. The van der Waals surface area contributed by atoms with Crippen LogP contribution in [-0.4, -0.2) is 31.1 Å². The maximum absolute atomic E-state index is 13.0. The number of nitrogens with zero attached hydrogens (tertiary/aromatic N) is 1. The Morgan fingerprint density at radius 2 is 1.76 bits per heavy atom. The number of hydrogen-bond donors (Lipinski definition) is 0.